The maximum atomic E-state index is 14.0. The van der Waals surface area contributed by atoms with Crippen molar-refractivity contribution in [3.63, 3.8) is 0 Å². The number of benzene rings is 1. The average molecular weight is 526 g/mol. The lowest BCUT2D eigenvalue weighted by Crippen LogP contribution is -2.73. The minimum absolute atomic E-state index is 0.108. The van der Waals surface area contributed by atoms with E-state index >= 15 is 0 Å². The van der Waals surface area contributed by atoms with E-state index in [0.717, 1.165) is 0 Å². The number of piperidine rings is 1. The van der Waals surface area contributed by atoms with Crippen LogP contribution in [0.4, 0.5) is 14.9 Å². The number of urea groups is 1. The minimum Gasteiger partial charge on any atom is -0.467 e. The summed E-state index contributed by atoms with van der Waals surface area (Å²) in [6.45, 7) is 2.25. The van der Waals surface area contributed by atoms with Crippen LogP contribution in [0.25, 0.3) is 0 Å². The van der Waals surface area contributed by atoms with Crippen molar-refractivity contribution in [3.8, 4) is 6.07 Å². The first-order chi connectivity index (χ1) is 17.7. The SMILES string of the molecule is CCC1C2CC3(CCN2C(=O)N[C@@H]1C(=O)OC)C(=O)N(c1ccc(F)c(Cl)c1)C3c1ccc(C#N)cn1. The number of rotatable bonds is 4. The van der Waals surface area contributed by atoms with Crippen LogP contribution in [0, 0.1) is 28.5 Å². The van der Waals surface area contributed by atoms with Gasteiger partial charge in [0.15, 0.2) is 0 Å². The van der Waals surface area contributed by atoms with E-state index in [2.05, 4.69) is 10.3 Å². The van der Waals surface area contributed by atoms with Crippen molar-refractivity contribution in [3.05, 3.63) is 58.6 Å². The molecule has 3 aliphatic heterocycles. The van der Waals surface area contributed by atoms with Crippen LogP contribution >= 0.6 is 11.6 Å². The topological polar surface area (TPSA) is 116 Å². The number of fused-ring (bicyclic) bond motifs is 1. The van der Waals surface area contributed by atoms with Gasteiger partial charge in [-0.3, -0.25) is 9.78 Å². The summed E-state index contributed by atoms with van der Waals surface area (Å²) in [4.78, 5) is 47.1. The maximum Gasteiger partial charge on any atom is 0.328 e. The molecule has 37 heavy (non-hydrogen) atoms. The molecule has 5 rings (SSSR count). The highest BCUT2D eigenvalue weighted by molar-refractivity contribution is 6.31. The fourth-order valence-electron chi connectivity index (χ4n) is 6.17. The molecule has 1 spiro atoms. The molecule has 11 heteroatoms. The van der Waals surface area contributed by atoms with Crippen LogP contribution < -0.4 is 10.2 Å². The highest BCUT2D eigenvalue weighted by Gasteiger charge is 2.66. The number of hydrogen-bond acceptors (Lipinski definition) is 6. The molecule has 1 aromatic heterocycles. The molecule has 3 amide bonds. The number of β-lactam (4-membered cyclic amide) rings is 1. The van der Waals surface area contributed by atoms with Gasteiger partial charge in [-0.1, -0.05) is 18.5 Å². The van der Waals surface area contributed by atoms with Gasteiger partial charge in [0.25, 0.3) is 0 Å². The van der Waals surface area contributed by atoms with E-state index in [-0.39, 0.29) is 28.9 Å². The summed E-state index contributed by atoms with van der Waals surface area (Å²) in [5.74, 6) is -1.56. The fourth-order valence-corrected chi connectivity index (χ4v) is 6.34. The summed E-state index contributed by atoms with van der Waals surface area (Å²) in [5, 5.41) is 11.9. The summed E-state index contributed by atoms with van der Waals surface area (Å²) >= 11 is 6.04. The Morgan fingerprint density at radius 1 is 1.35 bits per heavy atom. The molecule has 0 saturated carbocycles. The lowest BCUT2D eigenvalue weighted by atomic mass is 9.59. The number of ether oxygens (including phenoxy) is 1. The van der Waals surface area contributed by atoms with Gasteiger partial charge in [0.2, 0.25) is 5.91 Å². The summed E-state index contributed by atoms with van der Waals surface area (Å²) in [7, 11) is 1.28. The Balaban J connectivity index is 1.57. The third-order valence-electron chi connectivity index (χ3n) is 7.96. The van der Waals surface area contributed by atoms with Crippen LogP contribution in [-0.4, -0.2) is 53.5 Å². The third kappa shape index (κ3) is 3.80. The predicted octanol–water partition coefficient (Wildman–Crippen LogP) is 3.58. The zero-order valence-corrected chi connectivity index (χ0v) is 21.0. The zero-order valence-electron chi connectivity index (χ0n) is 20.3. The second kappa shape index (κ2) is 9.30. The molecular formula is C26H25ClFN5O4. The molecule has 3 aliphatic rings. The van der Waals surface area contributed by atoms with Gasteiger partial charge < -0.3 is 19.9 Å². The van der Waals surface area contributed by atoms with E-state index in [1.807, 2.05) is 13.0 Å². The number of esters is 1. The third-order valence-corrected chi connectivity index (χ3v) is 8.25. The van der Waals surface area contributed by atoms with Gasteiger partial charge in [-0.25, -0.2) is 14.0 Å². The lowest BCUT2D eigenvalue weighted by Gasteiger charge is -2.61. The molecule has 4 heterocycles. The largest absolute Gasteiger partial charge is 0.467 e. The number of pyridine rings is 1. The van der Waals surface area contributed by atoms with Crippen LogP contribution in [0.15, 0.2) is 36.5 Å². The molecule has 3 fully saturated rings. The van der Waals surface area contributed by atoms with Crippen molar-refractivity contribution >= 4 is 35.2 Å². The first-order valence-electron chi connectivity index (χ1n) is 12.1. The molecule has 2 aromatic rings. The van der Waals surface area contributed by atoms with E-state index in [1.165, 1.54) is 31.5 Å². The summed E-state index contributed by atoms with van der Waals surface area (Å²) in [5.41, 5.74) is 0.479. The van der Waals surface area contributed by atoms with Gasteiger partial charge in [-0.2, -0.15) is 5.26 Å². The highest BCUT2D eigenvalue weighted by Crippen LogP contribution is 2.59. The minimum atomic E-state index is -0.908. The molecule has 0 radical (unpaired) electrons. The number of aromatic nitrogens is 1. The monoisotopic (exact) mass is 525 g/mol. The molecule has 192 valence electrons. The van der Waals surface area contributed by atoms with Crippen LogP contribution in [0.1, 0.15) is 43.5 Å². The second-order valence-electron chi connectivity index (χ2n) is 9.65. The fraction of sp³-hybridized carbons (Fsp3) is 0.423. The Kier molecular flexibility index (Phi) is 6.28. The standard InChI is InChI=1S/C26H25ClFN5O4/c1-3-16-20-11-26(8-9-32(20)25(36)31-21(16)23(34)37-2)22(19-7-4-14(12-29)13-30-19)33(24(26)35)15-5-6-18(28)17(27)10-15/h4-7,10,13,16,20-22H,3,8-9,11H2,1-2H3,(H,31,36)/t16?,20?,21-,22?,26?/m0/s1. The maximum absolute atomic E-state index is 14.0. The number of methoxy groups -OCH3 is 1. The van der Waals surface area contributed by atoms with Gasteiger partial charge in [0.05, 0.1) is 34.8 Å². The Morgan fingerprint density at radius 3 is 2.76 bits per heavy atom. The molecule has 4 unspecified atom stereocenters. The Bertz CT molecular complexity index is 1320. The van der Waals surface area contributed by atoms with Gasteiger partial charge in [-0.05, 0) is 49.6 Å². The molecule has 1 N–H and O–H groups in total. The number of nitrogens with one attached hydrogen (secondary N) is 1. The normalized spacial score (nSPS) is 28.7. The van der Waals surface area contributed by atoms with Crippen molar-refractivity contribution in [2.24, 2.45) is 11.3 Å². The van der Waals surface area contributed by atoms with Crippen molar-refractivity contribution in [1.29, 1.82) is 5.26 Å². The van der Waals surface area contributed by atoms with E-state index in [9.17, 15) is 24.0 Å². The van der Waals surface area contributed by atoms with E-state index in [1.54, 1.807) is 21.9 Å². The summed E-state index contributed by atoms with van der Waals surface area (Å²) < 4.78 is 18.9. The summed E-state index contributed by atoms with van der Waals surface area (Å²) in [6, 6.07) is 7.43. The molecule has 0 bridgehead atoms. The van der Waals surface area contributed by atoms with E-state index < -0.39 is 29.3 Å². The zero-order chi connectivity index (χ0) is 26.5. The van der Waals surface area contributed by atoms with E-state index in [0.29, 0.717) is 42.8 Å². The first kappa shape index (κ1) is 25.0. The number of nitriles is 1. The van der Waals surface area contributed by atoms with Crippen molar-refractivity contribution in [2.45, 2.75) is 44.3 Å². The van der Waals surface area contributed by atoms with Crippen LogP contribution in [0.3, 0.4) is 0 Å². The number of hydrogen-bond donors (Lipinski definition) is 1. The van der Waals surface area contributed by atoms with Crippen LogP contribution in [0.5, 0.6) is 0 Å². The average Bonchev–Trinajstić information content (AvgIpc) is 2.92. The molecule has 3 saturated heterocycles. The number of nitrogens with zero attached hydrogens (tertiary/aromatic N) is 4. The van der Waals surface area contributed by atoms with Gasteiger partial charge >= 0.3 is 12.0 Å². The van der Waals surface area contributed by atoms with Crippen LogP contribution in [0.2, 0.25) is 5.02 Å². The molecule has 0 aliphatic carbocycles. The van der Waals surface area contributed by atoms with Crippen LogP contribution in [-0.2, 0) is 14.3 Å². The van der Waals surface area contributed by atoms with Gasteiger partial charge in [0, 0.05) is 30.4 Å². The molecule has 9 nitrogen and oxygen atoms in total. The lowest BCUT2D eigenvalue weighted by molar-refractivity contribution is -0.152. The highest BCUT2D eigenvalue weighted by atomic mass is 35.5. The van der Waals surface area contributed by atoms with Crippen molar-refractivity contribution in [1.82, 2.24) is 15.2 Å². The molecule has 1 aromatic carbocycles. The first-order valence-corrected chi connectivity index (χ1v) is 12.4. The Hall–Kier alpha value is -3.71. The number of amides is 3. The van der Waals surface area contributed by atoms with E-state index in [4.69, 9.17) is 16.3 Å². The Labute approximate surface area is 218 Å². The second-order valence-corrected chi connectivity index (χ2v) is 10.1. The number of anilines is 1. The quantitative estimate of drug-likeness (QED) is 0.482. The molecular weight excluding hydrogens is 501 g/mol. The van der Waals surface area contributed by atoms with Gasteiger partial charge in [-0.15, -0.1) is 0 Å². The molecule has 5 atom stereocenters. The van der Waals surface area contributed by atoms with Crippen molar-refractivity contribution in [2.75, 3.05) is 18.6 Å². The predicted molar refractivity (Wildman–Crippen MR) is 131 cm³/mol. The van der Waals surface area contributed by atoms with Crippen molar-refractivity contribution < 1.29 is 23.5 Å². The number of carbonyl (C=O) groups excluding carboxylic acids is 3. The number of carbonyl (C=O) groups is 3. The summed E-state index contributed by atoms with van der Waals surface area (Å²) in [6.07, 6.45) is 2.74. The number of halogens is 2. The van der Waals surface area contributed by atoms with Gasteiger partial charge in [0.1, 0.15) is 17.9 Å². The Morgan fingerprint density at radius 2 is 2.14 bits per heavy atom. The smallest absolute Gasteiger partial charge is 0.328 e.